The zero-order valence-corrected chi connectivity index (χ0v) is 18.7. The van der Waals surface area contributed by atoms with Crippen molar-refractivity contribution in [2.75, 3.05) is 17.7 Å². The quantitative estimate of drug-likeness (QED) is 0.503. The summed E-state index contributed by atoms with van der Waals surface area (Å²) in [6, 6.07) is 5.32. The Kier molecular flexibility index (Phi) is 8.00. The Bertz CT molecular complexity index is 720. The summed E-state index contributed by atoms with van der Waals surface area (Å²) in [7, 11) is 1.57. The normalized spacial score (nSPS) is 26.5. The summed E-state index contributed by atoms with van der Waals surface area (Å²) in [6.07, 6.45) is 11.6. The first kappa shape index (κ1) is 22.4. The number of amides is 4. The molecule has 4 amide bonds. The Morgan fingerprint density at radius 3 is 2.17 bits per heavy atom. The van der Waals surface area contributed by atoms with Crippen molar-refractivity contribution in [1.29, 1.82) is 0 Å². The van der Waals surface area contributed by atoms with E-state index >= 15 is 0 Å². The lowest BCUT2D eigenvalue weighted by molar-refractivity contribution is 0.202. The molecule has 0 spiro atoms. The van der Waals surface area contributed by atoms with Crippen LogP contribution in [-0.2, 0) is 0 Å². The minimum Gasteiger partial charge on any atom is -0.341 e. The van der Waals surface area contributed by atoms with E-state index in [0.717, 1.165) is 36.2 Å². The minimum atomic E-state index is -0.279. The molecule has 30 heavy (non-hydrogen) atoms. The van der Waals surface area contributed by atoms with Crippen molar-refractivity contribution < 1.29 is 9.59 Å². The van der Waals surface area contributed by atoms with Crippen LogP contribution >= 0.6 is 0 Å². The molecule has 0 saturated heterocycles. The maximum absolute atomic E-state index is 12.5. The van der Waals surface area contributed by atoms with Crippen molar-refractivity contribution in [3.05, 3.63) is 23.8 Å². The van der Waals surface area contributed by atoms with Crippen molar-refractivity contribution in [3.8, 4) is 0 Å². The summed E-state index contributed by atoms with van der Waals surface area (Å²) in [5, 5.41) is 11.4. The average molecular weight is 415 g/mol. The van der Waals surface area contributed by atoms with E-state index < -0.39 is 0 Å². The first-order chi connectivity index (χ1) is 14.4. The van der Waals surface area contributed by atoms with Crippen LogP contribution in [0.15, 0.2) is 18.2 Å². The van der Waals surface area contributed by atoms with E-state index in [2.05, 4.69) is 28.2 Å². The zero-order chi connectivity index (χ0) is 21.5. The number of carbonyl (C=O) groups excluding carboxylic acids is 2. The van der Waals surface area contributed by atoms with Gasteiger partial charge in [0.1, 0.15) is 0 Å². The van der Waals surface area contributed by atoms with Crippen molar-refractivity contribution in [2.45, 2.75) is 77.7 Å². The fraction of sp³-hybridized carbons (Fsp3) is 0.667. The summed E-state index contributed by atoms with van der Waals surface area (Å²) < 4.78 is 0. The lowest BCUT2D eigenvalue weighted by Crippen LogP contribution is -2.40. The van der Waals surface area contributed by atoms with Crippen LogP contribution in [0.4, 0.5) is 21.0 Å². The third kappa shape index (κ3) is 6.64. The lowest BCUT2D eigenvalue weighted by atomic mass is 9.75. The highest BCUT2D eigenvalue weighted by atomic mass is 16.2. The molecule has 0 radical (unpaired) electrons. The van der Waals surface area contributed by atoms with Crippen molar-refractivity contribution >= 4 is 23.4 Å². The zero-order valence-electron chi connectivity index (χ0n) is 18.7. The Labute approximate surface area is 181 Å². The van der Waals surface area contributed by atoms with Crippen molar-refractivity contribution in [2.24, 2.45) is 17.8 Å². The number of urea groups is 2. The van der Waals surface area contributed by atoms with Crippen LogP contribution in [0, 0.1) is 24.7 Å². The molecule has 0 atom stereocenters. The van der Waals surface area contributed by atoms with Gasteiger partial charge in [0.25, 0.3) is 0 Å². The minimum absolute atomic E-state index is 0.172. The predicted octanol–water partition coefficient (Wildman–Crippen LogP) is 5.64. The number of nitrogens with one attached hydrogen (secondary N) is 4. The molecule has 2 aliphatic rings. The third-order valence-corrected chi connectivity index (χ3v) is 6.95. The first-order valence-electron chi connectivity index (χ1n) is 11.6. The molecular weight excluding hydrogens is 376 g/mol. The van der Waals surface area contributed by atoms with Crippen LogP contribution in [0.2, 0.25) is 0 Å². The van der Waals surface area contributed by atoms with Gasteiger partial charge in [-0.3, -0.25) is 0 Å². The molecule has 1 aromatic rings. The number of aryl methyl sites for hydroxylation is 1. The van der Waals surface area contributed by atoms with Crippen LogP contribution in [0.3, 0.4) is 0 Å². The molecule has 0 bridgehead atoms. The number of hydrogen-bond donors (Lipinski definition) is 4. The van der Waals surface area contributed by atoms with E-state index in [1.165, 1.54) is 44.9 Å². The second-order valence-corrected chi connectivity index (χ2v) is 9.41. The highest BCUT2D eigenvalue weighted by molar-refractivity contribution is 5.93. The molecule has 0 unspecified atom stereocenters. The highest BCUT2D eigenvalue weighted by Gasteiger charge is 2.26. The molecule has 1 aromatic carbocycles. The highest BCUT2D eigenvalue weighted by Crippen LogP contribution is 2.36. The standard InChI is InChI=1S/C24H38N4O2/c1-16-4-7-18(8-5-16)14-19-9-12-20(13-10-19)26-24(30)27-21-11-6-17(2)22(15-21)28-23(29)25-3/h6,11,15-16,18-20H,4-5,7-10,12-14H2,1-3H3,(H2,25,28,29)(H2,26,27,30). The van der Waals surface area contributed by atoms with Crippen molar-refractivity contribution in [1.82, 2.24) is 10.6 Å². The van der Waals surface area contributed by atoms with E-state index in [1.807, 2.05) is 19.1 Å². The van der Waals surface area contributed by atoms with Gasteiger partial charge in [-0.2, -0.15) is 0 Å². The largest absolute Gasteiger partial charge is 0.341 e. The van der Waals surface area contributed by atoms with Gasteiger partial charge in [-0.25, -0.2) is 9.59 Å². The van der Waals surface area contributed by atoms with Gasteiger partial charge in [0.15, 0.2) is 0 Å². The van der Waals surface area contributed by atoms with E-state index in [9.17, 15) is 9.59 Å². The molecule has 6 heteroatoms. The van der Waals surface area contributed by atoms with Gasteiger partial charge in [0, 0.05) is 24.5 Å². The van der Waals surface area contributed by atoms with Crippen molar-refractivity contribution in [3.63, 3.8) is 0 Å². The van der Waals surface area contributed by atoms with Gasteiger partial charge in [0.05, 0.1) is 0 Å². The molecular formula is C24H38N4O2. The Morgan fingerprint density at radius 1 is 0.900 bits per heavy atom. The van der Waals surface area contributed by atoms with E-state index in [4.69, 9.17) is 0 Å². The number of anilines is 2. The maximum Gasteiger partial charge on any atom is 0.319 e. The molecule has 166 valence electrons. The van der Waals surface area contributed by atoms with E-state index in [1.54, 1.807) is 13.1 Å². The number of benzene rings is 1. The second kappa shape index (κ2) is 10.7. The van der Waals surface area contributed by atoms with Gasteiger partial charge >= 0.3 is 12.1 Å². The SMILES string of the molecule is CNC(=O)Nc1cc(NC(=O)NC2CCC(CC3CCC(C)CC3)CC2)ccc1C. The van der Waals surface area contributed by atoms with Gasteiger partial charge in [-0.05, 0) is 74.5 Å². The molecule has 3 rings (SSSR count). The molecule has 2 saturated carbocycles. The van der Waals surface area contributed by atoms with Crippen LogP contribution < -0.4 is 21.3 Å². The fourth-order valence-electron chi connectivity index (χ4n) is 4.95. The monoisotopic (exact) mass is 414 g/mol. The van der Waals surface area contributed by atoms with Crippen LogP contribution in [-0.4, -0.2) is 25.2 Å². The van der Waals surface area contributed by atoms with Gasteiger partial charge in [-0.15, -0.1) is 0 Å². The number of hydrogen-bond acceptors (Lipinski definition) is 2. The van der Waals surface area contributed by atoms with Crippen LogP contribution in [0.25, 0.3) is 0 Å². The Morgan fingerprint density at radius 2 is 1.53 bits per heavy atom. The van der Waals surface area contributed by atoms with Crippen LogP contribution in [0.5, 0.6) is 0 Å². The smallest absolute Gasteiger partial charge is 0.319 e. The predicted molar refractivity (Wildman–Crippen MR) is 123 cm³/mol. The van der Waals surface area contributed by atoms with Gasteiger partial charge in [-0.1, -0.05) is 38.7 Å². The summed E-state index contributed by atoms with van der Waals surface area (Å²) in [5.74, 6) is 2.68. The van der Waals surface area contributed by atoms with E-state index in [-0.39, 0.29) is 18.1 Å². The summed E-state index contributed by atoms with van der Waals surface area (Å²) in [5.41, 5.74) is 2.30. The summed E-state index contributed by atoms with van der Waals surface area (Å²) in [6.45, 7) is 4.30. The number of carbonyl (C=O) groups is 2. The molecule has 4 N–H and O–H groups in total. The second-order valence-electron chi connectivity index (χ2n) is 9.41. The average Bonchev–Trinajstić information content (AvgIpc) is 2.73. The molecule has 0 aromatic heterocycles. The molecule has 6 nitrogen and oxygen atoms in total. The maximum atomic E-state index is 12.5. The number of rotatable bonds is 5. The molecule has 2 fully saturated rings. The molecule has 2 aliphatic carbocycles. The van der Waals surface area contributed by atoms with Gasteiger partial charge in [0.2, 0.25) is 0 Å². The van der Waals surface area contributed by atoms with E-state index in [0.29, 0.717) is 11.4 Å². The van der Waals surface area contributed by atoms with Crippen LogP contribution in [0.1, 0.15) is 70.3 Å². The summed E-state index contributed by atoms with van der Waals surface area (Å²) >= 11 is 0. The summed E-state index contributed by atoms with van der Waals surface area (Å²) in [4.78, 5) is 24.0. The lowest BCUT2D eigenvalue weighted by Gasteiger charge is -2.33. The fourth-order valence-corrected chi connectivity index (χ4v) is 4.95. The molecule has 0 heterocycles. The third-order valence-electron chi connectivity index (χ3n) is 6.95. The van der Waals surface area contributed by atoms with Gasteiger partial charge < -0.3 is 21.3 Å². The first-order valence-corrected chi connectivity index (χ1v) is 11.6. The topological polar surface area (TPSA) is 82.3 Å². The molecule has 0 aliphatic heterocycles. The Balaban J connectivity index is 1.41. The Hall–Kier alpha value is -2.24.